The standard InChI is InChI=1S/C21H20N2O5S2/c24-21(25)12-28-20-6-2-3-16-17(20)4-1-5-19(16)23(30(26)27)15-7-8-18(22-11-15)14-9-10-29-13-14/h2-3,6-11,13,19H,1,4-5,12H2,(H,24,25)(H,26,27). The van der Waals surface area contributed by atoms with Crippen LogP contribution in [-0.4, -0.2) is 31.4 Å². The molecular formula is C21H20N2O5S2. The van der Waals surface area contributed by atoms with Gasteiger partial charge in [0, 0.05) is 10.9 Å². The average Bonchev–Trinajstić information content (AvgIpc) is 3.28. The fraction of sp³-hybridized carbons (Fsp3) is 0.238. The molecule has 156 valence electrons. The molecule has 2 unspecified atom stereocenters. The van der Waals surface area contributed by atoms with Crippen LogP contribution >= 0.6 is 11.3 Å². The Morgan fingerprint density at radius 2 is 2.17 bits per heavy atom. The van der Waals surface area contributed by atoms with Crippen molar-refractivity contribution in [3.05, 3.63) is 64.5 Å². The van der Waals surface area contributed by atoms with Crippen LogP contribution in [0.2, 0.25) is 0 Å². The minimum Gasteiger partial charge on any atom is -0.482 e. The van der Waals surface area contributed by atoms with E-state index in [4.69, 9.17) is 9.84 Å². The van der Waals surface area contributed by atoms with E-state index in [1.807, 2.05) is 29.0 Å². The van der Waals surface area contributed by atoms with Crippen molar-refractivity contribution in [2.75, 3.05) is 10.9 Å². The Kier molecular flexibility index (Phi) is 6.12. The third-order valence-corrected chi connectivity index (χ3v) is 6.54. The van der Waals surface area contributed by atoms with Crippen LogP contribution in [0.1, 0.15) is 30.0 Å². The zero-order chi connectivity index (χ0) is 21.1. The second-order valence-electron chi connectivity index (χ2n) is 6.88. The molecule has 0 bridgehead atoms. The van der Waals surface area contributed by atoms with Crippen molar-refractivity contribution in [3.8, 4) is 17.0 Å². The maximum atomic E-state index is 12.3. The molecule has 2 N–H and O–H groups in total. The van der Waals surface area contributed by atoms with Gasteiger partial charge in [0.25, 0.3) is 11.3 Å². The first-order valence-corrected chi connectivity index (χ1v) is 11.4. The van der Waals surface area contributed by atoms with Crippen LogP contribution in [0.3, 0.4) is 0 Å². The second-order valence-corrected chi connectivity index (χ2v) is 8.52. The summed E-state index contributed by atoms with van der Waals surface area (Å²) in [6.07, 6.45) is 3.82. The van der Waals surface area contributed by atoms with E-state index in [1.54, 1.807) is 35.7 Å². The van der Waals surface area contributed by atoms with Crippen LogP contribution in [0.4, 0.5) is 5.69 Å². The number of thiophene rings is 1. The quantitative estimate of drug-likeness (QED) is 0.527. The topological polar surface area (TPSA) is 100.0 Å². The number of nitrogens with zero attached hydrogens (tertiary/aromatic N) is 2. The number of aromatic nitrogens is 1. The number of pyridine rings is 1. The molecule has 1 aliphatic carbocycles. The first-order chi connectivity index (χ1) is 14.5. The molecule has 0 fully saturated rings. The largest absolute Gasteiger partial charge is 0.482 e. The summed E-state index contributed by atoms with van der Waals surface area (Å²) in [4.78, 5) is 15.4. The van der Waals surface area contributed by atoms with Gasteiger partial charge in [-0.15, -0.1) is 0 Å². The van der Waals surface area contributed by atoms with E-state index >= 15 is 0 Å². The number of hydrogen-bond acceptors (Lipinski definition) is 5. The number of aliphatic carboxylic acids is 1. The molecule has 3 aromatic rings. The lowest BCUT2D eigenvalue weighted by Crippen LogP contribution is -2.33. The van der Waals surface area contributed by atoms with Crippen molar-refractivity contribution < 1.29 is 23.4 Å². The van der Waals surface area contributed by atoms with Crippen LogP contribution in [0.5, 0.6) is 5.75 Å². The molecule has 2 aromatic heterocycles. The molecule has 4 rings (SSSR count). The molecule has 0 amide bonds. The van der Waals surface area contributed by atoms with Crippen LogP contribution in [0, 0.1) is 0 Å². The number of ether oxygens (including phenoxy) is 1. The lowest BCUT2D eigenvalue weighted by Gasteiger charge is -2.34. The van der Waals surface area contributed by atoms with Gasteiger partial charge in [0.05, 0.1) is 23.6 Å². The predicted octanol–water partition coefficient (Wildman–Crippen LogP) is 4.29. The number of anilines is 1. The molecule has 2 heterocycles. The SMILES string of the molecule is O=C(O)COc1cccc2c1CCCC2N(c1ccc(-c2ccsc2)nc1)S(=O)O. The molecular weight excluding hydrogens is 424 g/mol. The summed E-state index contributed by atoms with van der Waals surface area (Å²) >= 11 is -0.675. The van der Waals surface area contributed by atoms with Crippen LogP contribution < -0.4 is 9.04 Å². The van der Waals surface area contributed by atoms with E-state index in [-0.39, 0.29) is 6.04 Å². The monoisotopic (exact) mass is 444 g/mol. The summed E-state index contributed by atoms with van der Waals surface area (Å²) in [6, 6.07) is 10.7. The lowest BCUT2D eigenvalue weighted by atomic mass is 9.87. The van der Waals surface area contributed by atoms with Gasteiger partial charge in [0.15, 0.2) is 6.61 Å². The molecule has 9 heteroatoms. The first-order valence-electron chi connectivity index (χ1n) is 9.40. The van der Waals surface area contributed by atoms with Crippen LogP contribution in [-0.2, 0) is 22.5 Å². The summed E-state index contributed by atoms with van der Waals surface area (Å²) in [5, 5.41) is 12.9. The second kappa shape index (κ2) is 8.95. The average molecular weight is 445 g/mol. The van der Waals surface area contributed by atoms with Crippen molar-refractivity contribution in [1.29, 1.82) is 0 Å². The van der Waals surface area contributed by atoms with E-state index in [2.05, 4.69) is 4.98 Å². The summed E-state index contributed by atoms with van der Waals surface area (Å²) in [5.41, 5.74) is 4.11. The molecule has 30 heavy (non-hydrogen) atoms. The van der Waals surface area contributed by atoms with Crippen LogP contribution in [0.15, 0.2) is 53.4 Å². The highest BCUT2D eigenvalue weighted by molar-refractivity contribution is 7.80. The molecule has 0 aliphatic heterocycles. The number of benzene rings is 1. The zero-order valence-electron chi connectivity index (χ0n) is 15.9. The molecule has 0 spiro atoms. The summed E-state index contributed by atoms with van der Waals surface area (Å²) in [7, 11) is 0. The number of carboxylic acids is 1. The fourth-order valence-electron chi connectivity index (χ4n) is 3.78. The maximum Gasteiger partial charge on any atom is 0.341 e. The maximum absolute atomic E-state index is 12.3. The van der Waals surface area contributed by atoms with Gasteiger partial charge in [-0.3, -0.25) is 13.8 Å². The van der Waals surface area contributed by atoms with Gasteiger partial charge in [-0.2, -0.15) is 11.3 Å². The van der Waals surface area contributed by atoms with Gasteiger partial charge in [0.1, 0.15) is 5.75 Å². The molecule has 0 saturated carbocycles. The summed E-state index contributed by atoms with van der Waals surface area (Å²) in [5.74, 6) is -0.538. The minimum atomic E-state index is -2.26. The van der Waals surface area contributed by atoms with E-state index in [0.717, 1.165) is 35.2 Å². The Hall–Kier alpha value is -2.75. The Morgan fingerprint density at radius 1 is 1.30 bits per heavy atom. The highest BCUT2D eigenvalue weighted by Crippen LogP contribution is 2.41. The number of carbonyl (C=O) groups is 1. The molecule has 7 nitrogen and oxygen atoms in total. The van der Waals surface area contributed by atoms with Crippen molar-refractivity contribution in [2.45, 2.75) is 25.3 Å². The molecule has 1 aliphatic rings. The summed E-state index contributed by atoms with van der Waals surface area (Å²) in [6.45, 7) is -0.426. The molecule has 1 aromatic carbocycles. The van der Waals surface area contributed by atoms with E-state index in [9.17, 15) is 13.6 Å². The minimum absolute atomic E-state index is 0.346. The van der Waals surface area contributed by atoms with Gasteiger partial charge in [0.2, 0.25) is 0 Å². The Labute approximate surface area is 180 Å². The van der Waals surface area contributed by atoms with E-state index < -0.39 is 23.8 Å². The summed E-state index contributed by atoms with van der Waals surface area (Å²) < 4.78 is 29.3. The zero-order valence-corrected chi connectivity index (χ0v) is 17.6. The molecule has 0 radical (unpaired) electrons. The predicted molar refractivity (Wildman–Crippen MR) is 116 cm³/mol. The van der Waals surface area contributed by atoms with Crippen molar-refractivity contribution in [1.82, 2.24) is 4.98 Å². The van der Waals surface area contributed by atoms with Crippen molar-refractivity contribution in [3.63, 3.8) is 0 Å². The number of fused-ring (bicyclic) bond motifs is 1. The fourth-order valence-corrected chi connectivity index (χ4v) is 5.16. The number of carboxylic acid groups (broad SMARTS) is 1. The van der Waals surface area contributed by atoms with Crippen molar-refractivity contribution in [2.24, 2.45) is 0 Å². The van der Waals surface area contributed by atoms with E-state index in [1.165, 1.54) is 4.31 Å². The first kappa shape index (κ1) is 20.5. The van der Waals surface area contributed by atoms with Gasteiger partial charge < -0.3 is 9.84 Å². The Morgan fingerprint density at radius 3 is 2.83 bits per heavy atom. The smallest absolute Gasteiger partial charge is 0.341 e. The highest BCUT2D eigenvalue weighted by atomic mass is 32.2. The third kappa shape index (κ3) is 4.23. The molecule has 0 saturated heterocycles. The normalized spacial score (nSPS) is 16.5. The van der Waals surface area contributed by atoms with Gasteiger partial charge >= 0.3 is 5.97 Å². The molecule has 2 atom stereocenters. The lowest BCUT2D eigenvalue weighted by molar-refractivity contribution is -0.139. The van der Waals surface area contributed by atoms with Gasteiger partial charge in [-0.05, 0) is 60.0 Å². The number of rotatable bonds is 7. The van der Waals surface area contributed by atoms with Gasteiger partial charge in [-0.25, -0.2) is 9.00 Å². The van der Waals surface area contributed by atoms with Gasteiger partial charge in [-0.1, -0.05) is 12.1 Å². The van der Waals surface area contributed by atoms with Crippen LogP contribution in [0.25, 0.3) is 11.3 Å². The third-order valence-electron chi connectivity index (χ3n) is 5.05. The van der Waals surface area contributed by atoms with Crippen molar-refractivity contribution >= 4 is 34.3 Å². The highest BCUT2D eigenvalue weighted by Gasteiger charge is 2.31. The Balaban J connectivity index is 1.67. The number of hydrogen-bond donors (Lipinski definition) is 2. The van der Waals surface area contributed by atoms with E-state index in [0.29, 0.717) is 17.9 Å². The Bertz CT molecular complexity index is 1050.